The van der Waals surface area contributed by atoms with Gasteiger partial charge in [0.15, 0.2) is 0 Å². The monoisotopic (exact) mass is 169 g/mol. The summed E-state index contributed by atoms with van der Waals surface area (Å²) < 4.78 is 1.55. The molecule has 0 N–H and O–H groups in total. The second-order valence-corrected chi connectivity index (χ2v) is 2.32. The molecule has 0 aliphatic heterocycles. The van der Waals surface area contributed by atoms with Gasteiger partial charge in [-0.25, -0.2) is 4.68 Å². The van der Waals surface area contributed by atoms with Gasteiger partial charge >= 0.3 is 0 Å². The summed E-state index contributed by atoms with van der Waals surface area (Å²) in [6.45, 7) is 3.57. The third kappa shape index (κ3) is 1.68. The van der Waals surface area contributed by atoms with Crippen LogP contribution in [0.25, 0.3) is 6.20 Å². The quantitative estimate of drug-likeness (QED) is 0.621. The summed E-state index contributed by atoms with van der Waals surface area (Å²) in [4.78, 5) is 3.95. The maximum Gasteiger partial charge on any atom is 0.149 e. The van der Waals surface area contributed by atoms with Crippen molar-refractivity contribution in [1.82, 2.24) is 9.78 Å². The third-order valence-corrected chi connectivity index (χ3v) is 1.42. The zero-order valence-electron chi connectivity index (χ0n) is 6.16. The number of nitrogens with zero attached hydrogens (tertiary/aromatic N) is 3. The molecule has 1 aromatic rings. The summed E-state index contributed by atoms with van der Waals surface area (Å²) >= 11 is 5.68. The van der Waals surface area contributed by atoms with Crippen LogP contribution in [0.2, 0.25) is 5.02 Å². The molecule has 0 atom stereocenters. The molecule has 0 amide bonds. The highest BCUT2D eigenvalue weighted by atomic mass is 35.5. The van der Waals surface area contributed by atoms with Gasteiger partial charge in [0, 0.05) is 19.3 Å². The van der Waals surface area contributed by atoms with Crippen molar-refractivity contribution in [2.75, 3.05) is 7.05 Å². The van der Waals surface area contributed by atoms with Crippen molar-refractivity contribution in [2.24, 2.45) is 4.99 Å². The molecule has 0 aromatic carbocycles. The van der Waals surface area contributed by atoms with Crippen molar-refractivity contribution >= 4 is 17.8 Å². The molecule has 1 aromatic heterocycles. The minimum absolute atomic E-state index is 0.573. The first-order chi connectivity index (χ1) is 5.27. The van der Waals surface area contributed by atoms with Crippen LogP contribution in [0.5, 0.6) is 0 Å². The minimum atomic E-state index is 0.573. The third-order valence-electron chi connectivity index (χ3n) is 1.21. The number of halogens is 1. The molecule has 0 aliphatic rings. The number of hydrogen-bond acceptors (Lipinski definition) is 2. The van der Waals surface area contributed by atoms with E-state index in [1.165, 1.54) is 6.20 Å². The maximum absolute atomic E-state index is 5.68. The van der Waals surface area contributed by atoms with Crippen LogP contribution in [0.4, 0.5) is 0 Å². The second kappa shape index (κ2) is 3.34. The molecule has 0 saturated carbocycles. The second-order valence-electron chi connectivity index (χ2n) is 1.88. The highest BCUT2D eigenvalue weighted by molar-refractivity contribution is 6.30. The van der Waals surface area contributed by atoms with E-state index >= 15 is 0 Å². The summed E-state index contributed by atoms with van der Waals surface area (Å²) in [6, 6.07) is 1.72. The Balaban J connectivity index is 3.40. The maximum atomic E-state index is 5.68. The largest absolute Gasteiger partial charge is 0.270 e. The van der Waals surface area contributed by atoms with Crippen LogP contribution in [-0.4, -0.2) is 16.8 Å². The van der Waals surface area contributed by atoms with E-state index in [4.69, 9.17) is 11.6 Å². The normalized spacial score (nSPS) is 11.6. The van der Waals surface area contributed by atoms with E-state index in [2.05, 4.69) is 16.7 Å². The Morgan fingerprint density at radius 2 is 2.55 bits per heavy atom. The van der Waals surface area contributed by atoms with E-state index in [9.17, 15) is 0 Å². The lowest BCUT2D eigenvalue weighted by Gasteiger charge is -1.97. The standard InChI is InChI=1S/C7H8ClN3/c1-3-11-7(9-2)4-6(8)5-10-11/h3-5H,1H2,2H3. The van der Waals surface area contributed by atoms with Crippen LogP contribution in [0.1, 0.15) is 0 Å². The van der Waals surface area contributed by atoms with Gasteiger partial charge in [-0.3, -0.25) is 4.99 Å². The van der Waals surface area contributed by atoms with E-state index in [1.54, 1.807) is 24.0 Å². The molecule has 58 valence electrons. The first-order valence-electron chi connectivity index (χ1n) is 3.07. The van der Waals surface area contributed by atoms with Gasteiger partial charge in [0.05, 0.1) is 11.2 Å². The van der Waals surface area contributed by atoms with E-state index in [0.717, 1.165) is 0 Å². The lowest BCUT2D eigenvalue weighted by molar-refractivity contribution is 0.825. The Bertz CT molecular complexity index is 327. The Morgan fingerprint density at radius 1 is 1.82 bits per heavy atom. The predicted molar refractivity (Wildman–Crippen MR) is 45.1 cm³/mol. The van der Waals surface area contributed by atoms with Gasteiger partial charge in [-0.15, -0.1) is 0 Å². The molecule has 0 spiro atoms. The molecule has 1 rings (SSSR count). The van der Waals surface area contributed by atoms with Crippen molar-refractivity contribution in [3.8, 4) is 0 Å². The zero-order valence-corrected chi connectivity index (χ0v) is 6.91. The molecule has 3 nitrogen and oxygen atoms in total. The van der Waals surface area contributed by atoms with Gasteiger partial charge in [0.2, 0.25) is 0 Å². The van der Waals surface area contributed by atoms with Crippen LogP contribution in [0, 0.1) is 0 Å². The fraction of sp³-hybridized carbons (Fsp3) is 0.143. The van der Waals surface area contributed by atoms with Gasteiger partial charge in [0.1, 0.15) is 5.49 Å². The molecule has 0 radical (unpaired) electrons. The van der Waals surface area contributed by atoms with Crippen molar-refractivity contribution in [2.45, 2.75) is 0 Å². The molecule has 0 aliphatic carbocycles. The summed E-state index contributed by atoms with van der Waals surface area (Å²) in [7, 11) is 1.67. The molecular weight excluding hydrogens is 162 g/mol. The Kier molecular flexibility index (Phi) is 2.44. The minimum Gasteiger partial charge on any atom is -0.270 e. The summed E-state index contributed by atoms with van der Waals surface area (Å²) in [6.07, 6.45) is 3.11. The molecule has 4 heteroatoms. The average molecular weight is 170 g/mol. The molecular formula is C7H8ClN3. The smallest absolute Gasteiger partial charge is 0.149 e. The van der Waals surface area contributed by atoms with Crippen molar-refractivity contribution in [1.29, 1.82) is 0 Å². The number of aromatic nitrogens is 2. The number of rotatable bonds is 1. The lowest BCUT2D eigenvalue weighted by atomic mass is 10.5. The van der Waals surface area contributed by atoms with Crippen LogP contribution in [-0.2, 0) is 0 Å². The van der Waals surface area contributed by atoms with Gasteiger partial charge in [-0.1, -0.05) is 18.2 Å². The predicted octanol–water partition coefficient (Wildman–Crippen LogP) is 1.17. The van der Waals surface area contributed by atoms with Crippen LogP contribution in [0.15, 0.2) is 23.8 Å². The molecule has 0 bridgehead atoms. The molecule has 11 heavy (non-hydrogen) atoms. The SMILES string of the molecule is C=Cn1ncc(Cl)cc1=NC. The topological polar surface area (TPSA) is 30.2 Å². The van der Waals surface area contributed by atoms with E-state index in [-0.39, 0.29) is 0 Å². The van der Waals surface area contributed by atoms with E-state index < -0.39 is 0 Å². The van der Waals surface area contributed by atoms with E-state index in [0.29, 0.717) is 10.5 Å². The van der Waals surface area contributed by atoms with Crippen molar-refractivity contribution in [3.05, 3.63) is 29.4 Å². The summed E-state index contributed by atoms with van der Waals surface area (Å²) in [5, 5.41) is 4.51. The Labute approximate surface area is 69.7 Å². The number of hydrogen-bond donors (Lipinski definition) is 0. The molecule has 0 fully saturated rings. The van der Waals surface area contributed by atoms with Gasteiger partial charge in [0.25, 0.3) is 0 Å². The Morgan fingerprint density at radius 3 is 3.09 bits per heavy atom. The average Bonchev–Trinajstić information content (AvgIpc) is 2.04. The van der Waals surface area contributed by atoms with Crippen LogP contribution in [0.3, 0.4) is 0 Å². The molecule has 1 heterocycles. The van der Waals surface area contributed by atoms with Crippen molar-refractivity contribution < 1.29 is 0 Å². The van der Waals surface area contributed by atoms with Crippen molar-refractivity contribution in [3.63, 3.8) is 0 Å². The fourth-order valence-corrected chi connectivity index (χ4v) is 0.852. The fourth-order valence-electron chi connectivity index (χ4n) is 0.711. The van der Waals surface area contributed by atoms with Gasteiger partial charge in [-0.05, 0) is 0 Å². The first-order valence-corrected chi connectivity index (χ1v) is 3.45. The summed E-state index contributed by atoms with van der Waals surface area (Å²) in [5.41, 5.74) is 0.688. The highest BCUT2D eigenvalue weighted by Crippen LogP contribution is 1.98. The molecule has 0 saturated heterocycles. The van der Waals surface area contributed by atoms with Gasteiger partial charge < -0.3 is 0 Å². The van der Waals surface area contributed by atoms with Crippen LogP contribution >= 0.6 is 11.6 Å². The lowest BCUT2D eigenvalue weighted by Crippen LogP contribution is -2.17. The van der Waals surface area contributed by atoms with Gasteiger partial charge in [-0.2, -0.15) is 5.10 Å². The van der Waals surface area contributed by atoms with E-state index in [1.807, 2.05) is 0 Å². The molecule has 0 unspecified atom stereocenters. The highest BCUT2D eigenvalue weighted by Gasteiger charge is 1.90. The first kappa shape index (κ1) is 8.01. The summed E-state index contributed by atoms with van der Waals surface area (Å²) in [5.74, 6) is 0. The van der Waals surface area contributed by atoms with Crippen LogP contribution < -0.4 is 5.49 Å². The Hall–Kier alpha value is -1.09. The zero-order chi connectivity index (χ0) is 8.27.